The van der Waals surface area contributed by atoms with Gasteiger partial charge in [0.1, 0.15) is 12.6 Å². The SMILES string of the molecule is CO.COP(O)CO[C@@H]1CC[C@H](n2ccc(=O)[nH]c2=O)O1. The average Bonchev–Trinajstić information content (AvgIpc) is 2.95. The lowest BCUT2D eigenvalue weighted by molar-refractivity contribution is -0.141. The Kier molecular flexibility index (Phi) is 7.73. The molecule has 9 nitrogen and oxygen atoms in total. The van der Waals surface area contributed by atoms with Crippen LogP contribution in [0.15, 0.2) is 21.9 Å². The highest BCUT2D eigenvalue weighted by Gasteiger charge is 2.28. The van der Waals surface area contributed by atoms with Crippen LogP contribution in [-0.2, 0) is 14.0 Å². The van der Waals surface area contributed by atoms with Gasteiger partial charge in [0, 0.05) is 32.9 Å². The number of aliphatic hydroxyl groups is 1. The van der Waals surface area contributed by atoms with Crippen LogP contribution in [0.2, 0.25) is 0 Å². The van der Waals surface area contributed by atoms with Gasteiger partial charge in [0.2, 0.25) is 0 Å². The second kappa shape index (κ2) is 9.04. The van der Waals surface area contributed by atoms with Gasteiger partial charge in [0.15, 0.2) is 14.7 Å². The number of rotatable bonds is 5. The number of ether oxygens (including phenoxy) is 2. The first-order chi connectivity index (χ1) is 10.1. The molecule has 120 valence electrons. The maximum Gasteiger partial charge on any atom is 0.330 e. The van der Waals surface area contributed by atoms with Crippen LogP contribution < -0.4 is 11.2 Å². The van der Waals surface area contributed by atoms with Crippen molar-refractivity contribution in [2.45, 2.75) is 25.4 Å². The van der Waals surface area contributed by atoms with E-state index in [9.17, 15) is 14.5 Å². The molecule has 0 bridgehead atoms. The molecule has 0 spiro atoms. The highest BCUT2D eigenvalue weighted by molar-refractivity contribution is 7.45. The number of nitrogens with zero attached hydrogens (tertiary/aromatic N) is 1. The molecule has 0 amide bonds. The topological polar surface area (TPSA) is 123 Å². The second-order valence-corrected chi connectivity index (χ2v) is 5.27. The highest BCUT2D eigenvalue weighted by Crippen LogP contribution is 2.33. The summed E-state index contributed by atoms with van der Waals surface area (Å²) >= 11 is 0. The van der Waals surface area contributed by atoms with E-state index in [2.05, 4.69) is 4.98 Å². The van der Waals surface area contributed by atoms with Crippen LogP contribution >= 0.6 is 8.38 Å². The third-order valence-electron chi connectivity index (χ3n) is 2.70. The first-order valence-electron chi connectivity index (χ1n) is 6.14. The summed E-state index contributed by atoms with van der Waals surface area (Å²) in [6, 6.07) is 1.26. The van der Waals surface area contributed by atoms with E-state index in [-0.39, 0.29) is 6.35 Å². The summed E-state index contributed by atoms with van der Waals surface area (Å²) in [5.74, 6) is 0. The monoisotopic (exact) mass is 322 g/mol. The number of nitrogens with one attached hydrogen (secondary N) is 1. The second-order valence-electron chi connectivity index (χ2n) is 3.95. The number of aliphatic hydroxyl groups excluding tert-OH is 1. The van der Waals surface area contributed by atoms with Gasteiger partial charge in [-0.15, -0.1) is 0 Å². The van der Waals surface area contributed by atoms with Crippen molar-refractivity contribution in [3.05, 3.63) is 33.1 Å². The quantitative estimate of drug-likeness (QED) is 0.636. The van der Waals surface area contributed by atoms with E-state index in [1.54, 1.807) is 0 Å². The first-order valence-corrected chi connectivity index (χ1v) is 7.53. The minimum atomic E-state index is -1.59. The summed E-state index contributed by atoms with van der Waals surface area (Å²) in [5.41, 5.74) is -0.961. The van der Waals surface area contributed by atoms with Crippen LogP contribution in [0.25, 0.3) is 0 Å². The Bertz CT molecular complexity index is 532. The van der Waals surface area contributed by atoms with Crippen LogP contribution in [0, 0.1) is 0 Å². The lowest BCUT2D eigenvalue weighted by Gasteiger charge is -2.16. The largest absolute Gasteiger partial charge is 0.400 e. The van der Waals surface area contributed by atoms with Gasteiger partial charge in [0.05, 0.1) is 0 Å². The summed E-state index contributed by atoms with van der Waals surface area (Å²) in [4.78, 5) is 33.9. The normalized spacial score (nSPS) is 22.5. The maximum atomic E-state index is 11.6. The molecule has 1 aliphatic heterocycles. The summed E-state index contributed by atoms with van der Waals surface area (Å²) in [5, 5.41) is 7.00. The van der Waals surface area contributed by atoms with Gasteiger partial charge in [0.25, 0.3) is 5.56 Å². The summed E-state index contributed by atoms with van der Waals surface area (Å²) in [6.45, 7) is 0. The molecule has 21 heavy (non-hydrogen) atoms. The minimum Gasteiger partial charge on any atom is -0.400 e. The maximum absolute atomic E-state index is 11.6. The predicted molar refractivity (Wildman–Crippen MR) is 74.7 cm³/mol. The molecular formula is C11H19N2O7P. The first kappa shape index (κ1) is 18.0. The Hall–Kier alpha value is -1.09. The van der Waals surface area contributed by atoms with Crippen molar-refractivity contribution in [1.29, 1.82) is 0 Å². The van der Waals surface area contributed by atoms with Crippen molar-refractivity contribution in [3.8, 4) is 0 Å². The molecule has 1 aliphatic rings. The van der Waals surface area contributed by atoms with Gasteiger partial charge >= 0.3 is 5.69 Å². The fraction of sp³-hybridized carbons (Fsp3) is 0.636. The third kappa shape index (κ3) is 5.31. The van der Waals surface area contributed by atoms with Crippen molar-refractivity contribution in [1.82, 2.24) is 9.55 Å². The molecule has 0 radical (unpaired) electrons. The molecule has 1 saturated heterocycles. The van der Waals surface area contributed by atoms with E-state index in [1.165, 1.54) is 23.9 Å². The number of aromatic nitrogens is 2. The molecule has 10 heteroatoms. The lowest BCUT2D eigenvalue weighted by Crippen LogP contribution is -2.31. The average molecular weight is 322 g/mol. The van der Waals surface area contributed by atoms with Crippen LogP contribution in [0.3, 0.4) is 0 Å². The van der Waals surface area contributed by atoms with E-state index in [1.807, 2.05) is 0 Å². The Morgan fingerprint density at radius 2 is 2.19 bits per heavy atom. The molecule has 2 rings (SSSR count). The lowest BCUT2D eigenvalue weighted by atomic mass is 10.3. The predicted octanol–water partition coefficient (Wildman–Crippen LogP) is -0.295. The van der Waals surface area contributed by atoms with Gasteiger partial charge in [-0.25, -0.2) is 4.79 Å². The number of hydrogen-bond acceptors (Lipinski definition) is 7. The van der Waals surface area contributed by atoms with Crippen molar-refractivity contribution in [2.24, 2.45) is 0 Å². The summed E-state index contributed by atoms with van der Waals surface area (Å²) in [6.07, 6.45) is 1.68. The van der Waals surface area contributed by atoms with E-state index in [4.69, 9.17) is 19.1 Å². The molecule has 1 fully saturated rings. The number of H-pyrrole nitrogens is 1. The van der Waals surface area contributed by atoms with Crippen molar-refractivity contribution < 1.29 is 24.0 Å². The van der Waals surface area contributed by atoms with Crippen molar-refractivity contribution in [2.75, 3.05) is 20.6 Å². The standard InChI is InChI=1S/C10H15N2O6P.CH4O/c1-16-19(15)6-17-9-3-2-8(18-9)12-5-4-7(13)11-10(12)14;1-2/h4-5,8-9,15H,2-3,6H2,1H3,(H,11,13,14);2H,1H3/t8-,9+,19?;/m1./s1. The smallest absolute Gasteiger partial charge is 0.330 e. The highest BCUT2D eigenvalue weighted by atomic mass is 31.2. The molecular weight excluding hydrogens is 303 g/mol. The molecule has 3 atom stereocenters. The zero-order valence-corrected chi connectivity index (χ0v) is 12.7. The fourth-order valence-electron chi connectivity index (χ4n) is 1.77. The molecule has 0 aromatic carbocycles. The van der Waals surface area contributed by atoms with E-state index in [0.717, 1.165) is 7.11 Å². The van der Waals surface area contributed by atoms with Crippen molar-refractivity contribution >= 4 is 8.38 Å². The van der Waals surface area contributed by atoms with Crippen LogP contribution in [0.5, 0.6) is 0 Å². The fourth-order valence-corrected chi connectivity index (χ4v) is 2.17. The number of aromatic amines is 1. The summed E-state index contributed by atoms with van der Waals surface area (Å²) < 4.78 is 16.8. The van der Waals surface area contributed by atoms with Crippen LogP contribution in [-0.4, -0.2) is 46.4 Å². The zero-order chi connectivity index (χ0) is 15.8. The Morgan fingerprint density at radius 3 is 2.81 bits per heavy atom. The number of hydrogen-bond donors (Lipinski definition) is 3. The molecule has 2 heterocycles. The molecule has 3 N–H and O–H groups in total. The van der Waals surface area contributed by atoms with Crippen LogP contribution in [0.1, 0.15) is 19.1 Å². The molecule has 0 saturated carbocycles. The van der Waals surface area contributed by atoms with Gasteiger partial charge in [-0.3, -0.25) is 14.3 Å². The van der Waals surface area contributed by atoms with Gasteiger partial charge < -0.3 is 24.0 Å². The van der Waals surface area contributed by atoms with Gasteiger partial charge in [-0.05, 0) is 6.42 Å². The third-order valence-corrected chi connectivity index (χ3v) is 3.49. The molecule has 1 unspecified atom stereocenters. The molecule has 1 aromatic rings. The molecule has 1 aromatic heterocycles. The van der Waals surface area contributed by atoms with Crippen molar-refractivity contribution in [3.63, 3.8) is 0 Å². The van der Waals surface area contributed by atoms with E-state index >= 15 is 0 Å². The Balaban J connectivity index is 0.00000106. The molecule has 0 aliphatic carbocycles. The Morgan fingerprint density at radius 1 is 1.48 bits per heavy atom. The van der Waals surface area contributed by atoms with E-state index in [0.29, 0.717) is 12.8 Å². The van der Waals surface area contributed by atoms with E-state index < -0.39 is 32.1 Å². The zero-order valence-electron chi connectivity index (χ0n) is 11.8. The van der Waals surface area contributed by atoms with Gasteiger partial charge in [-0.2, -0.15) is 0 Å². The minimum absolute atomic E-state index is 0.0593. The van der Waals surface area contributed by atoms with Crippen LogP contribution in [0.4, 0.5) is 0 Å². The van der Waals surface area contributed by atoms with Gasteiger partial charge in [-0.1, -0.05) is 0 Å². The summed E-state index contributed by atoms with van der Waals surface area (Å²) in [7, 11) is 0.804. The Labute approximate surface area is 122 Å².